The van der Waals surface area contributed by atoms with Gasteiger partial charge in [-0.2, -0.15) is 5.10 Å². The number of halogens is 1. The predicted molar refractivity (Wildman–Crippen MR) is 78.4 cm³/mol. The number of carbonyl (C=O) groups excluding carboxylic acids is 1. The molecule has 1 aromatic rings. The second kappa shape index (κ2) is 7.65. The van der Waals surface area contributed by atoms with Gasteiger partial charge in [-0.25, -0.2) is 0 Å². The summed E-state index contributed by atoms with van der Waals surface area (Å²) in [6.07, 6.45) is 3.96. The molecule has 1 aromatic heterocycles. The third kappa shape index (κ3) is 4.62. The average Bonchev–Trinajstić information content (AvgIpc) is 2.61. The number of hydrogen-bond acceptors (Lipinski definition) is 3. The fourth-order valence-electron chi connectivity index (χ4n) is 2.30. The molecule has 0 aliphatic heterocycles. The minimum absolute atomic E-state index is 0.223. The number of hydrogen-bond donors (Lipinski definition) is 1. The first-order valence-electron chi connectivity index (χ1n) is 6.89. The van der Waals surface area contributed by atoms with E-state index in [0.29, 0.717) is 30.3 Å². The zero-order valence-corrected chi connectivity index (χ0v) is 12.8. The van der Waals surface area contributed by atoms with Crippen molar-refractivity contribution in [3.63, 3.8) is 0 Å². The predicted octanol–water partition coefficient (Wildman–Crippen LogP) is 2.65. The lowest BCUT2D eigenvalue weighted by atomic mass is 9.94. The van der Waals surface area contributed by atoms with Gasteiger partial charge in [0.15, 0.2) is 0 Å². The number of aryl methyl sites for hydroxylation is 2. The minimum Gasteiger partial charge on any atom is -0.330 e. The zero-order chi connectivity index (χ0) is 14.4. The number of rotatable bonds is 8. The molecule has 1 unspecified atom stereocenters. The van der Waals surface area contributed by atoms with Crippen LogP contribution in [-0.2, 0) is 18.3 Å². The number of nitrogens with two attached hydrogens (primary N) is 1. The molecule has 0 aromatic carbocycles. The summed E-state index contributed by atoms with van der Waals surface area (Å²) in [5.74, 6) is 0.776. The van der Waals surface area contributed by atoms with E-state index in [0.717, 1.165) is 30.7 Å². The Balaban J connectivity index is 2.51. The summed E-state index contributed by atoms with van der Waals surface area (Å²) < 4.78 is 1.70. The summed E-state index contributed by atoms with van der Waals surface area (Å²) in [6, 6.07) is 0. The first kappa shape index (κ1) is 16.2. The Hall–Kier alpha value is -0.870. The van der Waals surface area contributed by atoms with Gasteiger partial charge < -0.3 is 5.73 Å². The molecule has 1 heterocycles. The van der Waals surface area contributed by atoms with E-state index >= 15 is 0 Å². The summed E-state index contributed by atoms with van der Waals surface area (Å²) >= 11 is 6.15. The Morgan fingerprint density at radius 3 is 2.63 bits per heavy atom. The van der Waals surface area contributed by atoms with Crippen molar-refractivity contribution in [3.8, 4) is 0 Å². The molecule has 0 bridgehead atoms. The van der Waals surface area contributed by atoms with Crippen LogP contribution in [-0.4, -0.2) is 22.1 Å². The van der Waals surface area contributed by atoms with E-state index in [1.807, 2.05) is 14.0 Å². The number of aromatic nitrogens is 2. The van der Waals surface area contributed by atoms with E-state index in [2.05, 4.69) is 12.0 Å². The standard InChI is InChI=1S/C14H24ClN3O/c1-4-11(7-8-16)5-6-12(19)9-13-14(15)10(2)17-18(13)3/h11H,4-9,16H2,1-3H3. The van der Waals surface area contributed by atoms with Crippen LogP contribution in [0.4, 0.5) is 0 Å². The van der Waals surface area contributed by atoms with Crippen LogP contribution < -0.4 is 5.73 Å². The van der Waals surface area contributed by atoms with Gasteiger partial charge in [-0.15, -0.1) is 0 Å². The van der Waals surface area contributed by atoms with Crippen LogP contribution in [0.3, 0.4) is 0 Å². The molecular weight excluding hydrogens is 262 g/mol. The van der Waals surface area contributed by atoms with E-state index in [-0.39, 0.29) is 5.78 Å². The third-order valence-electron chi connectivity index (χ3n) is 3.61. The Bertz CT molecular complexity index is 429. The van der Waals surface area contributed by atoms with Crippen molar-refractivity contribution in [2.45, 2.75) is 46.0 Å². The summed E-state index contributed by atoms with van der Waals surface area (Å²) in [5.41, 5.74) is 7.16. The summed E-state index contributed by atoms with van der Waals surface area (Å²) in [7, 11) is 1.82. The van der Waals surface area contributed by atoms with E-state index in [1.54, 1.807) is 4.68 Å². The minimum atomic E-state index is 0.223. The van der Waals surface area contributed by atoms with Gasteiger partial charge >= 0.3 is 0 Å². The SMILES string of the molecule is CCC(CCN)CCC(=O)Cc1c(Cl)c(C)nn1C. The lowest BCUT2D eigenvalue weighted by Gasteiger charge is -2.12. The molecule has 2 N–H and O–H groups in total. The van der Waals surface area contributed by atoms with Gasteiger partial charge in [0.25, 0.3) is 0 Å². The highest BCUT2D eigenvalue weighted by atomic mass is 35.5. The van der Waals surface area contributed by atoms with Crippen LogP contribution in [0.2, 0.25) is 5.02 Å². The monoisotopic (exact) mass is 285 g/mol. The molecule has 4 nitrogen and oxygen atoms in total. The number of ketones is 1. The highest BCUT2D eigenvalue weighted by molar-refractivity contribution is 6.32. The van der Waals surface area contributed by atoms with Gasteiger partial charge in [0.05, 0.1) is 16.4 Å². The highest BCUT2D eigenvalue weighted by Gasteiger charge is 2.15. The van der Waals surface area contributed by atoms with Crippen molar-refractivity contribution in [1.29, 1.82) is 0 Å². The van der Waals surface area contributed by atoms with Crippen molar-refractivity contribution in [1.82, 2.24) is 9.78 Å². The van der Waals surface area contributed by atoms with Crippen LogP contribution in [0.5, 0.6) is 0 Å². The molecule has 0 saturated carbocycles. The molecule has 0 spiro atoms. The highest BCUT2D eigenvalue weighted by Crippen LogP contribution is 2.21. The van der Waals surface area contributed by atoms with E-state index in [9.17, 15) is 4.79 Å². The third-order valence-corrected chi connectivity index (χ3v) is 4.10. The molecule has 0 radical (unpaired) electrons. The molecule has 0 saturated heterocycles. The second-order valence-electron chi connectivity index (χ2n) is 5.08. The first-order valence-corrected chi connectivity index (χ1v) is 7.27. The fraction of sp³-hybridized carbons (Fsp3) is 0.714. The molecule has 19 heavy (non-hydrogen) atoms. The molecule has 1 rings (SSSR count). The second-order valence-corrected chi connectivity index (χ2v) is 5.45. The number of carbonyl (C=O) groups is 1. The summed E-state index contributed by atoms with van der Waals surface area (Å²) in [6.45, 7) is 4.69. The average molecular weight is 286 g/mol. The van der Waals surface area contributed by atoms with Crippen molar-refractivity contribution < 1.29 is 4.79 Å². The molecular formula is C14H24ClN3O. The van der Waals surface area contributed by atoms with Gasteiger partial charge in [-0.3, -0.25) is 9.48 Å². The van der Waals surface area contributed by atoms with Crippen LogP contribution in [0.15, 0.2) is 0 Å². The number of Topliss-reactive ketones (excluding diaryl/α,β-unsaturated/α-hetero) is 1. The Morgan fingerprint density at radius 2 is 2.16 bits per heavy atom. The largest absolute Gasteiger partial charge is 0.330 e. The van der Waals surface area contributed by atoms with Crippen LogP contribution in [0.1, 0.15) is 44.0 Å². The topological polar surface area (TPSA) is 60.9 Å². The van der Waals surface area contributed by atoms with Gasteiger partial charge in [-0.05, 0) is 32.2 Å². The maximum absolute atomic E-state index is 12.0. The maximum Gasteiger partial charge on any atom is 0.138 e. The van der Waals surface area contributed by atoms with E-state index in [4.69, 9.17) is 17.3 Å². The lowest BCUT2D eigenvalue weighted by molar-refractivity contribution is -0.118. The molecule has 0 fully saturated rings. The quantitative estimate of drug-likeness (QED) is 0.799. The first-order chi connectivity index (χ1) is 8.99. The van der Waals surface area contributed by atoms with E-state index in [1.165, 1.54) is 0 Å². The fourth-order valence-corrected chi connectivity index (χ4v) is 2.53. The van der Waals surface area contributed by atoms with Gasteiger partial charge in [-0.1, -0.05) is 24.9 Å². The summed E-state index contributed by atoms with van der Waals surface area (Å²) in [5, 5.41) is 4.84. The van der Waals surface area contributed by atoms with Crippen LogP contribution in [0.25, 0.3) is 0 Å². The Labute approximate surface area is 120 Å². The molecule has 0 aliphatic rings. The summed E-state index contributed by atoms with van der Waals surface area (Å²) in [4.78, 5) is 12.0. The van der Waals surface area contributed by atoms with Crippen molar-refractivity contribution in [3.05, 3.63) is 16.4 Å². The normalized spacial score (nSPS) is 12.7. The van der Waals surface area contributed by atoms with Crippen molar-refractivity contribution in [2.24, 2.45) is 18.7 Å². The van der Waals surface area contributed by atoms with Gasteiger partial charge in [0.1, 0.15) is 5.78 Å². The van der Waals surface area contributed by atoms with Crippen molar-refractivity contribution >= 4 is 17.4 Å². The lowest BCUT2D eigenvalue weighted by Crippen LogP contribution is -2.12. The Morgan fingerprint density at radius 1 is 1.47 bits per heavy atom. The zero-order valence-electron chi connectivity index (χ0n) is 12.1. The molecule has 0 amide bonds. The molecule has 108 valence electrons. The van der Waals surface area contributed by atoms with Crippen LogP contribution in [0, 0.1) is 12.8 Å². The smallest absolute Gasteiger partial charge is 0.138 e. The molecule has 5 heteroatoms. The van der Waals surface area contributed by atoms with Crippen LogP contribution >= 0.6 is 11.6 Å². The van der Waals surface area contributed by atoms with E-state index < -0.39 is 0 Å². The molecule has 0 aliphatic carbocycles. The maximum atomic E-state index is 12.0. The Kier molecular flexibility index (Phi) is 6.52. The van der Waals surface area contributed by atoms with Crippen molar-refractivity contribution in [2.75, 3.05) is 6.54 Å². The number of nitrogens with zero attached hydrogens (tertiary/aromatic N) is 2. The van der Waals surface area contributed by atoms with Gasteiger partial charge in [0, 0.05) is 19.9 Å². The molecule has 1 atom stereocenters. The van der Waals surface area contributed by atoms with Gasteiger partial charge in [0.2, 0.25) is 0 Å².